The van der Waals surface area contributed by atoms with Gasteiger partial charge in [0.2, 0.25) is 0 Å². The second-order valence-electron chi connectivity index (χ2n) is 6.40. The average molecular weight is 426 g/mol. The fourth-order valence-corrected chi connectivity index (χ4v) is 2.69. The Balaban J connectivity index is 1.57. The molecule has 0 saturated heterocycles. The molecule has 1 aromatic heterocycles. The van der Waals surface area contributed by atoms with Crippen molar-refractivity contribution in [2.24, 2.45) is 5.10 Å². The molecule has 7 nitrogen and oxygen atoms in total. The molecule has 0 aliphatic rings. The first-order chi connectivity index (χ1) is 14.4. The number of ether oxygens (including phenoxy) is 1. The van der Waals surface area contributed by atoms with E-state index in [1.807, 2.05) is 6.07 Å². The smallest absolute Gasteiger partial charge is 0.277 e. The predicted octanol–water partition coefficient (Wildman–Crippen LogP) is 4.41. The molecule has 8 heteroatoms. The maximum atomic E-state index is 12.3. The van der Waals surface area contributed by atoms with Crippen LogP contribution in [0.25, 0.3) is 0 Å². The van der Waals surface area contributed by atoms with Gasteiger partial charge in [-0.2, -0.15) is 5.10 Å². The summed E-state index contributed by atoms with van der Waals surface area (Å²) in [7, 11) is 0. The quantitative estimate of drug-likeness (QED) is 0.433. The molecule has 0 radical (unpaired) electrons. The van der Waals surface area contributed by atoms with Crippen LogP contribution in [0.2, 0.25) is 5.02 Å². The SMILES string of the molecule is C/C(=N/NC(=O)COc1ccc(Cl)cc1)c1cccc(NC(=O)c2ccoc2C)c1. The van der Waals surface area contributed by atoms with Gasteiger partial charge in [-0.3, -0.25) is 9.59 Å². The van der Waals surface area contributed by atoms with E-state index in [4.69, 9.17) is 20.8 Å². The topological polar surface area (TPSA) is 92.9 Å². The van der Waals surface area contributed by atoms with E-state index in [1.165, 1.54) is 6.26 Å². The van der Waals surface area contributed by atoms with E-state index in [0.717, 1.165) is 5.56 Å². The molecule has 2 N–H and O–H groups in total. The number of nitrogens with zero attached hydrogens (tertiary/aromatic N) is 1. The highest BCUT2D eigenvalue weighted by atomic mass is 35.5. The molecule has 30 heavy (non-hydrogen) atoms. The third kappa shape index (κ3) is 5.71. The van der Waals surface area contributed by atoms with Crippen molar-refractivity contribution in [2.75, 3.05) is 11.9 Å². The second-order valence-corrected chi connectivity index (χ2v) is 6.84. The van der Waals surface area contributed by atoms with Gasteiger partial charge in [0.15, 0.2) is 6.61 Å². The molecule has 1 heterocycles. The van der Waals surface area contributed by atoms with Gasteiger partial charge < -0.3 is 14.5 Å². The number of halogens is 1. The van der Waals surface area contributed by atoms with Gasteiger partial charge in [0, 0.05) is 10.7 Å². The number of hydrazone groups is 1. The van der Waals surface area contributed by atoms with Crippen LogP contribution < -0.4 is 15.5 Å². The number of aryl methyl sites for hydroxylation is 1. The number of furan rings is 1. The molecule has 0 atom stereocenters. The molecule has 154 valence electrons. The fraction of sp³-hybridized carbons (Fsp3) is 0.136. The molecular weight excluding hydrogens is 406 g/mol. The number of nitrogens with one attached hydrogen (secondary N) is 2. The van der Waals surface area contributed by atoms with Crippen molar-refractivity contribution in [1.82, 2.24) is 5.43 Å². The Morgan fingerprint density at radius 2 is 1.90 bits per heavy atom. The molecule has 0 aliphatic heterocycles. The Morgan fingerprint density at radius 3 is 2.60 bits per heavy atom. The Kier molecular flexibility index (Phi) is 6.87. The number of anilines is 1. The number of carbonyl (C=O) groups is 2. The zero-order valence-corrected chi connectivity index (χ0v) is 17.2. The van der Waals surface area contributed by atoms with Gasteiger partial charge >= 0.3 is 0 Å². The summed E-state index contributed by atoms with van der Waals surface area (Å²) in [5.41, 5.74) is 4.84. The van der Waals surface area contributed by atoms with Crippen molar-refractivity contribution in [2.45, 2.75) is 13.8 Å². The first kappa shape index (κ1) is 21.1. The van der Waals surface area contributed by atoms with Crippen LogP contribution in [0.3, 0.4) is 0 Å². The molecule has 0 aliphatic carbocycles. The zero-order chi connectivity index (χ0) is 21.5. The molecule has 0 bridgehead atoms. The van der Waals surface area contributed by atoms with Crippen LogP contribution >= 0.6 is 11.6 Å². The molecular formula is C22H20ClN3O4. The molecule has 2 aromatic carbocycles. The number of carbonyl (C=O) groups excluding carboxylic acids is 2. The monoisotopic (exact) mass is 425 g/mol. The van der Waals surface area contributed by atoms with Gasteiger partial charge in [-0.1, -0.05) is 23.7 Å². The zero-order valence-electron chi connectivity index (χ0n) is 16.4. The highest BCUT2D eigenvalue weighted by Gasteiger charge is 2.12. The summed E-state index contributed by atoms with van der Waals surface area (Å²) >= 11 is 5.81. The van der Waals surface area contributed by atoms with Crippen LogP contribution in [0.15, 0.2) is 70.4 Å². The van der Waals surface area contributed by atoms with E-state index >= 15 is 0 Å². The number of amides is 2. The van der Waals surface area contributed by atoms with Crippen LogP contribution in [-0.2, 0) is 4.79 Å². The standard InChI is InChI=1S/C22H20ClN3O4/c1-14(25-26-21(27)13-30-19-8-6-17(23)7-9-19)16-4-3-5-18(12-16)24-22(28)20-10-11-29-15(20)2/h3-12H,13H2,1-2H3,(H,24,28)(H,26,27)/b25-14-. The van der Waals surface area contributed by atoms with Crippen molar-refractivity contribution >= 4 is 34.8 Å². The molecule has 0 saturated carbocycles. The highest BCUT2D eigenvalue weighted by molar-refractivity contribution is 6.30. The first-order valence-electron chi connectivity index (χ1n) is 9.10. The fourth-order valence-electron chi connectivity index (χ4n) is 2.56. The van der Waals surface area contributed by atoms with Crippen molar-refractivity contribution in [3.63, 3.8) is 0 Å². The lowest BCUT2D eigenvalue weighted by Gasteiger charge is -2.08. The number of benzene rings is 2. The normalized spacial score (nSPS) is 11.1. The Bertz CT molecular complexity index is 1070. The minimum absolute atomic E-state index is 0.182. The maximum absolute atomic E-state index is 12.3. The minimum atomic E-state index is -0.399. The molecule has 0 fully saturated rings. The summed E-state index contributed by atoms with van der Waals surface area (Å²) in [6.45, 7) is 3.29. The molecule has 2 amide bonds. The van der Waals surface area contributed by atoms with Crippen molar-refractivity contribution in [1.29, 1.82) is 0 Å². The Labute approximate surface area is 178 Å². The summed E-state index contributed by atoms with van der Waals surface area (Å²) in [6.07, 6.45) is 1.47. The summed E-state index contributed by atoms with van der Waals surface area (Å²) in [4.78, 5) is 24.3. The molecule has 0 unspecified atom stereocenters. The van der Waals surface area contributed by atoms with Crippen molar-refractivity contribution in [3.8, 4) is 5.75 Å². The van der Waals surface area contributed by atoms with Gasteiger partial charge in [-0.15, -0.1) is 0 Å². The van der Waals surface area contributed by atoms with E-state index in [0.29, 0.717) is 33.5 Å². The van der Waals surface area contributed by atoms with E-state index in [2.05, 4.69) is 15.8 Å². The van der Waals surface area contributed by atoms with Crippen molar-refractivity contribution in [3.05, 3.63) is 82.8 Å². The summed E-state index contributed by atoms with van der Waals surface area (Å²) in [5.74, 6) is 0.418. The molecule has 3 rings (SSSR count). The molecule has 3 aromatic rings. The van der Waals surface area contributed by atoms with Gasteiger partial charge in [-0.05, 0) is 61.9 Å². The summed E-state index contributed by atoms with van der Waals surface area (Å²) in [6, 6.07) is 15.5. The highest BCUT2D eigenvalue weighted by Crippen LogP contribution is 2.16. The van der Waals surface area contributed by atoms with Gasteiger partial charge in [0.1, 0.15) is 11.5 Å². The van der Waals surface area contributed by atoms with Crippen LogP contribution in [0, 0.1) is 6.92 Å². The van der Waals surface area contributed by atoms with Crippen molar-refractivity contribution < 1.29 is 18.7 Å². The summed E-state index contributed by atoms with van der Waals surface area (Å²) in [5, 5.41) is 7.50. The van der Waals surface area contributed by atoms with E-state index < -0.39 is 5.91 Å². The largest absolute Gasteiger partial charge is 0.484 e. The van der Waals surface area contributed by atoms with E-state index in [1.54, 1.807) is 62.4 Å². The minimum Gasteiger partial charge on any atom is -0.484 e. The Hall–Kier alpha value is -3.58. The number of hydrogen-bond donors (Lipinski definition) is 2. The third-order valence-electron chi connectivity index (χ3n) is 4.17. The maximum Gasteiger partial charge on any atom is 0.277 e. The number of rotatable bonds is 7. The number of hydrogen-bond acceptors (Lipinski definition) is 5. The van der Waals surface area contributed by atoms with Crippen LogP contribution in [-0.4, -0.2) is 24.1 Å². The third-order valence-corrected chi connectivity index (χ3v) is 4.43. The lowest BCUT2D eigenvalue weighted by atomic mass is 10.1. The van der Waals surface area contributed by atoms with Crippen LogP contribution in [0.1, 0.15) is 28.6 Å². The van der Waals surface area contributed by atoms with Gasteiger partial charge in [-0.25, -0.2) is 5.43 Å². The van der Waals surface area contributed by atoms with Crippen LogP contribution in [0.4, 0.5) is 5.69 Å². The van der Waals surface area contributed by atoms with Crippen LogP contribution in [0.5, 0.6) is 5.75 Å². The summed E-state index contributed by atoms with van der Waals surface area (Å²) < 4.78 is 10.5. The van der Waals surface area contributed by atoms with Gasteiger partial charge in [0.25, 0.3) is 11.8 Å². The second kappa shape index (κ2) is 9.76. The lowest BCUT2D eigenvalue weighted by Crippen LogP contribution is -2.25. The average Bonchev–Trinajstić information content (AvgIpc) is 3.18. The Morgan fingerprint density at radius 1 is 1.13 bits per heavy atom. The van der Waals surface area contributed by atoms with E-state index in [-0.39, 0.29) is 12.5 Å². The molecule has 0 spiro atoms. The van der Waals surface area contributed by atoms with Gasteiger partial charge in [0.05, 0.1) is 17.5 Å². The predicted molar refractivity (Wildman–Crippen MR) is 115 cm³/mol. The first-order valence-corrected chi connectivity index (χ1v) is 9.47. The lowest BCUT2D eigenvalue weighted by molar-refractivity contribution is -0.123. The van der Waals surface area contributed by atoms with E-state index in [9.17, 15) is 9.59 Å².